The van der Waals surface area contributed by atoms with Crippen molar-refractivity contribution in [1.29, 1.82) is 0 Å². The number of rotatable bonds is 4. The minimum atomic E-state index is -1.19. The third-order valence-corrected chi connectivity index (χ3v) is 4.28. The summed E-state index contributed by atoms with van der Waals surface area (Å²) in [6.45, 7) is 8.81. The minimum absolute atomic E-state index is 0.132. The van der Waals surface area contributed by atoms with Crippen molar-refractivity contribution in [3.8, 4) is 0 Å². The van der Waals surface area contributed by atoms with E-state index < -0.39 is 8.07 Å². The molecule has 1 rings (SSSR count). The van der Waals surface area contributed by atoms with Gasteiger partial charge in [-0.15, -0.1) is 0 Å². The van der Waals surface area contributed by atoms with Crippen molar-refractivity contribution in [2.45, 2.75) is 38.7 Å². The van der Waals surface area contributed by atoms with E-state index in [1.807, 2.05) is 6.92 Å². The predicted molar refractivity (Wildman–Crippen MR) is 72.1 cm³/mol. The number of carbonyl (C=O) groups is 1. The first-order chi connectivity index (χ1) is 7.79. The van der Waals surface area contributed by atoms with Crippen LogP contribution < -0.4 is 5.32 Å². The van der Waals surface area contributed by atoms with E-state index in [1.165, 1.54) is 12.4 Å². The van der Waals surface area contributed by atoms with E-state index in [2.05, 4.69) is 34.9 Å². The number of aromatic nitrogens is 2. The molecule has 0 aliphatic carbocycles. The van der Waals surface area contributed by atoms with Crippen LogP contribution in [0, 0.1) is 0 Å². The van der Waals surface area contributed by atoms with Gasteiger partial charge in [-0.1, -0.05) is 31.2 Å². The molecule has 0 bridgehead atoms. The molecule has 0 aliphatic heterocycles. The van der Waals surface area contributed by atoms with Crippen LogP contribution in [0.3, 0.4) is 0 Å². The van der Waals surface area contributed by atoms with Gasteiger partial charge in [0.05, 0.1) is 0 Å². The minimum Gasteiger partial charge on any atom is -0.348 e. The summed E-state index contributed by atoms with van der Waals surface area (Å²) in [5, 5.41) is 3.05. The average Bonchev–Trinajstić information content (AvgIpc) is 2.14. The van der Waals surface area contributed by atoms with Crippen molar-refractivity contribution < 1.29 is 4.79 Å². The molecule has 1 aromatic heterocycles. The number of hydrogen-bond acceptors (Lipinski definition) is 3. The Kier molecular flexibility index (Phi) is 4.65. The van der Waals surface area contributed by atoms with Crippen LogP contribution >= 0.6 is 11.6 Å². The molecule has 17 heavy (non-hydrogen) atoms. The van der Waals surface area contributed by atoms with Crippen LogP contribution in [-0.2, 0) is 0 Å². The van der Waals surface area contributed by atoms with Gasteiger partial charge in [-0.25, -0.2) is 9.97 Å². The molecule has 0 saturated heterocycles. The first-order valence-corrected chi connectivity index (χ1v) is 9.65. The molecule has 0 spiro atoms. The second-order valence-electron chi connectivity index (χ2n) is 5.34. The lowest BCUT2D eigenvalue weighted by Crippen LogP contribution is -2.38. The van der Waals surface area contributed by atoms with Gasteiger partial charge in [-0.3, -0.25) is 4.79 Å². The van der Waals surface area contributed by atoms with E-state index in [4.69, 9.17) is 11.6 Å². The third kappa shape index (κ3) is 4.83. The van der Waals surface area contributed by atoms with E-state index in [9.17, 15) is 4.79 Å². The highest BCUT2D eigenvalue weighted by atomic mass is 35.5. The normalized spacial score (nSPS) is 13.2. The van der Waals surface area contributed by atoms with Crippen LogP contribution in [0.25, 0.3) is 0 Å². The highest BCUT2D eigenvalue weighted by Gasteiger charge is 2.20. The number of carbonyl (C=O) groups excluding carboxylic acids is 1. The standard InChI is InChI=1S/C11H18ClN3OSi/c1-8(7-17(2,3)4)15-11(16)9-10(12)14-6-5-13-9/h5-6,8H,7H2,1-4H3,(H,15,16)/t8-/m0/s1. The SMILES string of the molecule is C[C@@H](C[Si](C)(C)C)NC(=O)c1nccnc1Cl. The quantitative estimate of drug-likeness (QED) is 0.857. The lowest BCUT2D eigenvalue weighted by Gasteiger charge is -2.22. The molecular formula is C11H18ClN3OSi. The molecule has 0 radical (unpaired) electrons. The first kappa shape index (κ1) is 14.1. The summed E-state index contributed by atoms with van der Waals surface area (Å²) in [6, 6.07) is 1.16. The lowest BCUT2D eigenvalue weighted by atomic mass is 10.3. The Morgan fingerprint density at radius 1 is 1.41 bits per heavy atom. The van der Waals surface area contributed by atoms with Gasteiger partial charge in [0.25, 0.3) is 5.91 Å². The maximum atomic E-state index is 11.9. The van der Waals surface area contributed by atoms with E-state index >= 15 is 0 Å². The Morgan fingerprint density at radius 3 is 2.53 bits per heavy atom. The first-order valence-electron chi connectivity index (χ1n) is 5.57. The summed E-state index contributed by atoms with van der Waals surface area (Å²) in [6.07, 6.45) is 2.93. The number of halogens is 1. The number of nitrogens with zero attached hydrogens (tertiary/aromatic N) is 2. The van der Waals surface area contributed by atoms with E-state index in [0.717, 1.165) is 6.04 Å². The molecular weight excluding hydrogens is 254 g/mol. The summed E-state index contributed by atoms with van der Waals surface area (Å²) in [7, 11) is -1.19. The average molecular weight is 272 g/mol. The molecule has 1 amide bonds. The van der Waals surface area contributed by atoms with Crippen LogP contribution in [0.2, 0.25) is 30.8 Å². The molecule has 0 fully saturated rings. The third-order valence-electron chi connectivity index (χ3n) is 2.16. The van der Waals surface area contributed by atoms with E-state index in [0.29, 0.717) is 0 Å². The fourth-order valence-electron chi connectivity index (χ4n) is 1.74. The molecule has 1 atom stereocenters. The van der Waals surface area contributed by atoms with Gasteiger partial charge in [-0.05, 0) is 13.0 Å². The molecule has 0 unspecified atom stereocenters. The Morgan fingerprint density at radius 2 is 2.00 bits per heavy atom. The van der Waals surface area contributed by atoms with Gasteiger partial charge in [-0.2, -0.15) is 0 Å². The van der Waals surface area contributed by atoms with Crippen LogP contribution in [0.1, 0.15) is 17.4 Å². The van der Waals surface area contributed by atoms with Crippen molar-refractivity contribution in [2.24, 2.45) is 0 Å². The molecule has 94 valence electrons. The zero-order valence-electron chi connectivity index (χ0n) is 10.6. The molecule has 1 heterocycles. The molecule has 4 nitrogen and oxygen atoms in total. The molecule has 1 aromatic rings. The van der Waals surface area contributed by atoms with Gasteiger partial charge in [0, 0.05) is 26.5 Å². The van der Waals surface area contributed by atoms with Gasteiger partial charge >= 0.3 is 0 Å². The van der Waals surface area contributed by atoms with Crippen molar-refractivity contribution in [1.82, 2.24) is 15.3 Å². The molecule has 6 heteroatoms. The van der Waals surface area contributed by atoms with Crippen LogP contribution in [0.4, 0.5) is 0 Å². The topological polar surface area (TPSA) is 54.9 Å². The predicted octanol–water partition coefficient (Wildman–Crippen LogP) is 2.59. The summed E-state index contributed by atoms with van der Waals surface area (Å²) in [5.74, 6) is -0.256. The van der Waals surface area contributed by atoms with Gasteiger partial charge < -0.3 is 5.32 Å². The van der Waals surface area contributed by atoms with Crippen molar-refractivity contribution in [3.05, 3.63) is 23.2 Å². The smallest absolute Gasteiger partial charge is 0.273 e. The number of nitrogens with one attached hydrogen (secondary N) is 1. The highest BCUT2D eigenvalue weighted by Crippen LogP contribution is 2.13. The maximum Gasteiger partial charge on any atom is 0.273 e. The van der Waals surface area contributed by atoms with Crippen LogP contribution in [-0.4, -0.2) is 30.0 Å². The summed E-state index contributed by atoms with van der Waals surface area (Å²) in [5.41, 5.74) is 0.191. The second-order valence-corrected chi connectivity index (χ2v) is 11.2. The molecule has 0 aromatic carbocycles. The van der Waals surface area contributed by atoms with Gasteiger partial charge in [0.15, 0.2) is 10.8 Å². The fourth-order valence-corrected chi connectivity index (χ4v) is 3.87. The van der Waals surface area contributed by atoms with Crippen LogP contribution in [0.5, 0.6) is 0 Å². The van der Waals surface area contributed by atoms with Gasteiger partial charge in [0.1, 0.15) is 0 Å². The zero-order chi connectivity index (χ0) is 13.1. The summed E-state index contributed by atoms with van der Waals surface area (Å²) in [4.78, 5) is 19.6. The Bertz CT molecular complexity index is 406. The molecule has 0 aliphatic rings. The maximum absolute atomic E-state index is 11.9. The monoisotopic (exact) mass is 271 g/mol. The Balaban J connectivity index is 2.64. The highest BCUT2D eigenvalue weighted by molar-refractivity contribution is 6.76. The van der Waals surface area contributed by atoms with E-state index in [1.54, 1.807) is 0 Å². The summed E-state index contributed by atoms with van der Waals surface area (Å²) >= 11 is 5.81. The molecule has 1 N–H and O–H groups in total. The van der Waals surface area contributed by atoms with Crippen LogP contribution in [0.15, 0.2) is 12.4 Å². The largest absolute Gasteiger partial charge is 0.348 e. The number of hydrogen-bond donors (Lipinski definition) is 1. The van der Waals surface area contributed by atoms with Crippen molar-refractivity contribution >= 4 is 25.6 Å². The fraction of sp³-hybridized carbons (Fsp3) is 0.545. The zero-order valence-corrected chi connectivity index (χ0v) is 12.4. The molecule has 0 saturated carbocycles. The summed E-state index contributed by atoms with van der Waals surface area (Å²) < 4.78 is 0. The van der Waals surface area contributed by atoms with Crippen molar-refractivity contribution in [2.75, 3.05) is 0 Å². The second kappa shape index (κ2) is 5.60. The Hall–Kier alpha value is -0.943. The Labute approximate surface area is 108 Å². The van der Waals surface area contributed by atoms with Gasteiger partial charge in [0.2, 0.25) is 0 Å². The lowest BCUT2D eigenvalue weighted by molar-refractivity contribution is 0.0937. The number of amides is 1. The van der Waals surface area contributed by atoms with Crippen molar-refractivity contribution in [3.63, 3.8) is 0 Å². The van der Waals surface area contributed by atoms with E-state index in [-0.39, 0.29) is 22.8 Å².